The Balaban J connectivity index is 2.08. The number of aromatic nitrogens is 1. The molecule has 1 N–H and O–H groups in total. The van der Waals surface area contributed by atoms with E-state index in [1.54, 1.807) is 36.2 Å². The third-order valence-corrected chi connectivity index (χ3v) is 5.28. The maximum atomic E-state index is 13.8. The van der Waals surface area contributed by atoms with E-state index in [0.717, 1.165) is 10.5 Å². The first-order chi connectivity index (χ1) is 11.8. The van der Waals surface area contributed by atoms with Gasteiger partial charge >= 0.3 is 0 Å². The van der Waals surface area contributed by atoms with Crippen molar-refractivity contribution in [3.8, 4) is 0 Å². The van der Waals surface area contributed by atoms with Crippen LogP contribution in [-0.4, -0.2) is 15.4 Å². The van der Waals surface area contributed by atoms with Crippen LogP contribution in [0.5, 0.6) is 0 Å². The Hall–Kier alpha value is -1.91. The number of hydrogen-bond donors (Lipinski definition) is 1. The third-order valence-electron chi connectivity index (χ3n) is 3.59. The van der Waals surface area contributed by atoms with Crippen molar-refractivity contribution >= 4 is 40.0 Å². The van der Waals surface area contributed by atoms with Crippen LogP contribution >= 0.6 is 23.4 Å². The zero-order chi connectivity index (χ0) is 18.2. The van der Waals surface area contributed by atoms with Gasteiger partial charge in [-0.2, -0.15) is 0 Å². The number of nitrogens with one attached hydrogen (secondary N) is 1. The Kier molecular flexibility index (Phi) is 4.85. The van der Waals surface area contributed by atoms with Crippen LogP contribution in [0.2, 0.25) is 5.02 Å². The Morgan fingerprint density at radius 2 is 1.88 bits per heavy atom. The van der Waals surface area contributed by atoms with Crippen molar-refractivity contribution in [2.75, 3.05) is 0 Å². The molecule has 1 heterocycles. The highest BCUT2D eigenvalue weighted by Crippen LogP contribution is 2.39. The van der Waals surface area contributed by atoms with Crippen LogP contribution < -0.4 is 0 Å². The summed E-state index contributed by atoms with van der Waals surface area (Å²) in [4.78, 5) is 5.07. The van der Waals surface area contributed by atoms with Gasteiger partial charge in [0.1, 0.15) is 11.3 Å². The van der Waals surface area contributed by atoms with Gasteiger partial charge in [0.25, 0.3) is 0 Å². The first kappa shape index (κ1) is 17.9. The lowest BCUT2D eigenvalue weighted by molar-refractivity contribution is 0.637. The molecular weight excluding hydrogens is 355 g/mol. The van der Waals surface area contributed by atoms with Crippen LogP contribution in [0, 0.1) is 11.2 Å². The highest BCUT2D eigenvalue weighted by molar-refractivity contribution is 8.00. The monoisotopic (exact) mass is 372 g/mol. The fourth-order valence-electron chi connectivity index (χ4n) is 2.53. The largest absolute Gasteiger partial charge is 0.300 e. The molecular formula is C20H18ClFN2S. The van der Waals surface area contributed by atoms with Crippen molar-refractivity contribution in [2.45, 2.75) is 30.4 Å². The van der Waals surface area contributed by atoms with Gasteiger partial charge in [-0.3, -0.25) is 10.4 Å². The number of rotatable bonds is 3. The van der Waals surface area contributed by atoms with Crippen molar-refractivity contribution in [3.05, 3.63) is 70.6 Å². The average molecular weight is 373 g/mol. The minimum absolute atomic E-state index is 0.0369. The number of para-hydroxylation sites is 1. The van der Waals surface area contributed by atoms with E-state index in [9.17, 15) is 4.39 Å². The van der Waals surface area contributed by atoms with Crippen molar-refractivity contribution in [1.82, 2.24) is 4.98 Å². The van der Waals surface area contributed by atoms with Crippen LogP contribution in [0.25, 0.3) is 10.9 Å². The molecule has 0 radical (unpaired) electrons. The minimum atomic E-state index is -0.359. The molecule has 2 nitrogen and oxygen atoms in total. The Bertz CT molecular complexity index is 964. The summed E-state index contributed by atoms with van der Waals surface area (Å²) < 4.78 is 13.8. The molecule has 0 fully saturated rings. The summed E-state index contributed by atoms with van der Waals surface area (Å²) in [6.45, 7) is 6.32. The molecule has 0 aliphatic rings. The van der Waals surface area contributed by atoms with Crippen LogP contribution in [0.15, 0.2) is 53.6 Å². The second-order valence-electron chi connectivity index (χ2n) is 6.74. The van der Waals surface area contributed by atoms with E-state index in [4.69, 9.17) is 17.0 Å². The van der Waals surface area contributed by atoms with Gasteiger partial charge in [-0.05, 0) is 18.2 Å². The number of hydrogen-bond acceptors (Lipinski definition) is 3. The maximum Gasteiger partial charge on any atom is 0.149 e. The minimum Gasteiger partial charge on any atom is -0.300 e. The van der Waals surface area contributed by atoms with Gasteiger partial charge in [0.05, 0.1) is 10.7 Å². The van der Waals surface area contributed by atoms with Crippen molar-refractivity contribution in [1.29, 1.82) is 5.41 Å². The molecule has 0 atom stereocenters. The quantitative estimate of drug-likeness (QED) is 0.430. The molecule has 25 heavy (non-hydrogen) atoms. The third kappa shape index (κ3) is 3.86. The van der Waals surface area contributed by atoms with E-state index in [-0.39, 0.29) is 10.6 Å². The predicted molar refractivity (Wildman–Crippen MR) is 105 cm³/mol. The number of fused-ring (bicyclic) bond motifs is 1. The summed E-state index contributed by atoms with van der Waals surface area (Å²) in [5.41, 5.74) is 2.03. The summed E-state index contributed by atoms with van der Waals surface area (Å²) in [6.07, 6.45) is 1.54. The Morgan fingerprint density at radius 3 is 2.60 bits per heavy atom. The number of benzene rings is 2. The molecule has 0 saturated heterocycles. The van der Waals surface area contributed by atoms with E-state index < -0.39 is 0 Å². The molecule has 0 bridgehead atoms. The zero-order valence-electron chi connectivity index (χ0n) is 14.2. The molecule has 3 rings (SSSR count). The molecule has 1 aromatic heterocycles. The summed E-state index contributed by atoms with van der Waals surface area (Å²) >= 11 is 8.03. The van der Waals surface area contributed by atoms with Gasteiger partial charge in [-0.25, -0.2) is 4.39 Å². The highest BCUT2D eigenvalue weighted by atomic mass is 35.5. The molecule has 0 amide bonds. The first-order valence-corrected chi connectivity index (χ1v) is 9.07. The smallest absolute Gasteiger partial charge is 0.149 e. The van der Waals surface area contributed by atoms with Crippen LogP contribution in [0.3, 0.4) is 0 Å². The molecule has 0 saturated carbocycles. The lowest BCUT2D eigenvalue weighted by atomic mass is 10.0. The van der Waals surface area contributed by atoms with Gasteiger partial charge in [-0.15, -0.1) is 11.8 Å². The zero-order valence-corrected chi connectivity index (χ0v) is 15.8. The van der Waals surface area contributed by atoms with E-state index in [0.29, 0.717) is 27.2 Å². The van der Waals surface area contributed by atoms with Gasteiger partial charge < -0.3 is 0 Å². The second-order valence-corrected chi connectivity index (χ2v) is 8.99. The lowest BCUT2D eigenvalue weighted by Crippen LogP contribution is -2.10. The van der Waals surface area contributed by atoms with Crippen LogP contribution in [-0.2, 0) is 0 Å². The standard InChI is InChI=1S/C20H18ClFN2S/c1-20(2,3)25-19-14(7-5-8-15(19)21)17(23)13-10-12-6-4-9-16(22)18(12)24-11-13/h4-11,23H,1-3H3. The second kappa shape index (κ2) is 6.77. The van der Waals surface area contributed by atoms with Gasteiger partial charge in [0.15, 0.2) is 0 Å². The fourth-order valence-corrected chi connectivity index (χ4v) is 3.88. The van der Waals surface area contributed by atoms with Gasteiger partial charge in [-0.1, -0.05) is 56.6 Å². The summed E-state index contributed by atoms with van der Waals surface area (Å²) in [5.74, 6) is -0.359. The summed E-state index contributed by atoms with van der Waals surface area (Å²) in [6, 6.07) is 12.2. The maximum absolute atomic E-state index is 13.8. The Labute approximate surface area is 155 Å². The van der Waals surface area contributed by atoms with Crippen LogP contribution in [0.4, 0.5) is 4.39 Å². The first-order valence-electron chi connectivity index (χ1n) is 7.87. The number of halogens is 2. The van der Waals surface area contributed by atoms with E-state index in [1.807, 2.05) is 18.2 Å². The Morgan fingerprint density at radius 1 is 1.16 bits per heavy atom. The van der Waals surface area contributed by atoms with Crippen molar-refractivity contribution in [3.63, 3.8) is 0 Å². The van der Waals surface area contributed by atoms with Crippen molar-refractivity contribution in [2.24, 2.45) is 0 Å². The highest BCUT2D eigenvalue weighted by Gasteiger charge is 2.20. The molecule has 3 aromatic rings. The summed E-state index contributed by atoms with van der Waals surface area (Å²) in [7, 11) is 0. The molecule has 128 valence electrons. The molecule has 0 spiro atoms. The molecule has 0 aliphatic heterocycles. The number of nitrogens with zero attached hydrogens (tertiary/aromatic N) is 1. The number of thioether (sulfide) groups is 1. The van der Waals surface area contributed by atoms with E-state index >= 15 is 0 Å². The van der Waals surface area contributed by atoms with Gasteiger partial charge in [0, 0.05) is 32.4 Å². The molecule has 5 heteroatoms. The average Bonchev–Trinajstić information content (AvgIpc) is 2.55. The van der Waals surface area contributed by atoms with E-state index in [2.05, 4.69) is 25.8 Å². The SMILES string of the molecule is CC(C)(C)Sc1c(Cl)cccc1C(=N)c1cnc2c(F)cccc2c1. The van der Waals surface area contributed by atoms with Crippen LogP contribution in [0.1, 0.15) is 31.9 Å². The van der Waals surface area contributed by atoms with E-state index in [1.165, 1.54) is 6.07 Å². The molecule has 0 unspecified atom stereocenters. The number of pyridine rings is 1. The fraction of sp³-hybridized carbons (Fsp3) is 0.200. The lowest BCUT2D eigenvalue weighted by Gasteiger charge is -2.21. The topological polar surface area (TPSA) is 36.7 Å². The molecule has 2 aromatic carbocycles. The molecule has 0 aliphatic carbocycles. The van der Waals surface area contributed by atoms with Gasteiger partial charge in [0.2, 0.25) is 0 Å². The summed E-state index contributed by atoms with van der Waals surface area (Å²) in [5, 5.41) is 9.94. The van der Waals surface area contributed by atoms with Crippen molar-refractivity contribution < 1.29 is 4.39 Å². The normalized spacial score (nSPS) is 11.7. The predicted octanol–water partition coefficient (Wildman–Crippen LogP) is 6.33.